The molecule has 19 heavy (non-hydrogen) atoms. The zero-order chi connectivity index (χ0) is 14.0. The summed E-state index contributed by atoms with van der Waals surface area (Å²) in [6.45, 7) is 4.40. The number of hydrogen-bond donors (Lipinski definition) is 0. The second-order valence-corrected chi connectivity index (χ2v) is 5.20. The van der Waals surface area contributed by atoms with Gasteiger partial charge in [-0.05, 0) is 17.0 Å². The Bertz CT molecular complexity index is 481. The predicted octanol–water partition coefficient (Wildman–Crippen LogP) is 2.52. The highest BCUT2D eigenvalue weighted by atomic mass is 16.6. The molecule has 5 nitrogen and oxygen atoms in total. The van der Waals surface area contributed by atoms with E-state index in [1.165, 1.54) is 5.56 Å². The topological polar surface area (TPSA) is 69.4 Å². The number of carbonyl (C=O) groups is 1. The third-order valence-electron chi connectivity index (χ3n) is 3.36. The number of carbonyl (C=O) groups excluding carboxylic acids is 1. The maximum atomic E-state index is 11.5. The Hall–Kier alpha value is -1.91. The molecule has 0 spiro atoms. The van der Waals surface area contributed by atoms with Crippen LogP contribution in [0.3, 0.4) is 0 Å². The highest BCUT2D eigenvalue weighted by Crippen LogP contribution is 2.34. The molecule has 2 atom stereocenters. The highest BCUT2D eigenvalue weighted by molar-refractivity contribution is 5.76. The summed E-state index contributed by atoms with van der Waals surface area (Å²) in [5.41, 5.74) is 2.13. The minimum Gasteiger partial charge on any atom is -0.460 e. The van der Waals surface area contributed by atoms with E-state index >= 15 is 0 Å². The molecular formula is C14H17NO4. The van der Waals surface area contributed by atoms with Crippen LogP contribution < -0.4 is 0 Å². The minimum absolute atomic E-state index is 0.179. The van der Waals surface area contributed by atoms with E-state index in [9.17, 15) is 14.9 Å². The van der Waals surface area contributed by atoms with Gasteiger partial charge in [-0.25, -0.2) is 0 Å². The molecule has 1 aliphatic rings. The number of nitro groups is 1. The van der Waals surface area contributed by atoms with Gasteiger partial charge >= 0.3 is 5.97 Å². The van der Waals surface area contributed by atoms with E-state index in [-0.39, 0.29) is 6.61 Å². The van der Waals surface area contributed by atoms with E-state index in [1.54, 1.807) is 0 Å². The van der Waals surface area contributed by atoms with Gasteiger partial charge in [0, 0.05) is 11.3 Å². The molecule has 0 amide bonds. The van der Waals surface area contributed by atoms with Gasteiger partial charge in [-0.3, -0.25) is 14.9 Å². The molecule has 0 radical (unpaired) electrons. The van der Waals surface area contributed by atoms with Crippen LogP contribution in [0.1, 0.15) is 37.3 Å². The van der Waals surface area contributed by atoms with Crippen molar-refractivity contribution in [1.29, 1.82) is 0 Å². The maximum absolute atomic E-state index is 11.5. The summed E-state index contributed by atoms with van der Waals surface area (Å²) < 4.78 is 5.09. The molecule has 0 saturated heterocycles. The quantitative estimate of drug-likeness (QED) is 0.465. The lowest BCUT2D eigenvalue weighted by molar-refractivity contribution is -0.497. The van der Waals surface area contributed by atoms with E-state index in [4.69, 9.17) is 4.74 Å². The average Bonchev–Trinajstić information content (AvgIpc) is 3.16. The third-order valence-corrected chi connectivity index (χ3v) is 3.36. The third kappa shape index (κ3) is 3.30. The Morgan fingerprint density at radius 1 is 1.42 bits per heavy atom. The van der Waals surface area contributed by atoms with Crippen molar-refractivity contribution in [1.82, 2.24) is 0 Å². The molecule has 1 aromatic carbocycles. The van der Waals surface area contributed by atoms with Crippen LogP contribution in [0, 0.1) is 16.0 Å². The molecule has 2 unspecified atom stereocenters. The van der Waals surface area contributed by atoms with Crippen LogP contribution in [0.4, 0.5) is 0 Å². The first kappa shape index (κ1) is 13.5. The lowest BCUT2D eigenvalue weighted by atomic mass is 10.0. The second-order valence-electron chi connectivity index (χ2n) is 5.20. The fourth-order valence-electron chi connectivity index (χ4n) is 1.93. The number of nitrogens with zero attached hydrogens (tertiary/aromatic N) is 1. The summed E-state index contributed by atoms with van der Waals surface area (Å²) in [5.74, 6) is -0.552. The van der Waals surface area contributed by atoms with Crippen molar-refractivity contribution in [2.75, 3.05) is 0 Å². The van der Waals surface area contributed by atoms with Crippen LogP contribution >= 0.6 is 0 Å². The average molecular weight is 263 g/mol. The van der Waals surface area contributed by atoms with Crippen molar-refractivity contribution >= 4 is 5.97 Å². The molecule has 0 heterocycles. The van der Waals surface area contributed by atoms with E-state index in [1.807, 2.05) is 24.3 Å². The van der Waals surface area contributed by atoms with Crippen LogP contribution in [0.25, 0.3) is 0 Å². The Morgan fingerprint density at radius 3 is 2.53 bits per heavy atom. The first-order valence-electron chi connectivity index (χ1n) is 6.38. The molecule has 1 fully saturated rings. The zero-order valence-corrected chi connectivity index (χ0v) is 11.0. The zero-order valence-electron chi connectivity index (χ0n) is 11.0. The van der Waals surface area contributed by atoms with Gasteiger partial charge in [0.15, 0.2) is 0 Å². The maximum Gasteiger partial charge on any atom is 0.316 e. The molecule has 0 aliphatic heterocycles. The van der Waals surface area contributed by atoms with Gasteiger partial charge in [0.1, 0.15) is 12.5 Å². The molecule has 1 aliphatic carbocycles. The van der Waals surface area contributed by atoms with Crippen LogP contribution in [0.5, 0.6) is 0 Å². The fraction of sp³-hybridized carbons (Fsp3) is 0.500. The van der Waals surface area contributed by atoms with Crippen LogP contribution in [0.2, 0.25) is 0 Å². The van der Waals surface area contributed by atoms with Crippen molar-refractivity contribution < 1.29 is 14.5 Å². The highest BCUT2D eigenvalue weighted by Gasteiger charge is 2.54. The standard InChI is InChI=1S/C14H17NO4/c1-9(2)11-5-3-10(4-6-11)8-19-14(16)12-7-13(12)15(17)18/h3-6,9,12-13H,7-8H2,1-2H3. The van der Waals surface area contributed by atoms with Crippen molar-refractivity contribution in [3.05, 3.63) is 45.5 Å². The molecule has 1 saturated carbocycles. The van der Waals surface area contributed by atoms with Crippen molar-refractivity contribution in [3.8, 4) is 0 Å². The summed E-state index contributed by atoms with van der Waals surface area (Å²) in [6.07, 6.45) is 0.304. The van der Waals surface area contributed by atoms with Gasteiger partial charge in [-0.2, -0.15) is 0 Å². The smallest absolute Gasteiger partial charge is 0.316 e. The first-order chi connectivity index (χ1) is 8.99. The SMILES string of the molecule is CC(C)c1ccc(COC(=O)C2CC2[N+](=O)[O-])cc1. The van der Waals surface area contributed by atoms with Gasteiger partial charge < -0.3 is 4.74 Å². The number of esters is 1. The largest absolute Gasteiger partial charge is 0.460 e. The van der Waals surface area contributed by atoms with Gasteiger partial charge in [0.25, 0.3) is 0 Å². The van der Waals surface area contributed by atoms with E-state index in [2.05, 4.69) is 13.8 Å². The van der Waals surface area contributed by atoms with Crippen LogP contribution in [-0.4, -0.2) is 16.9 Å². The summed E-state index contributed by atoms with van der Waals surface area (Å²) in [5, 5.41) is 10.4. The molecule has 0 N–H and O–H groups in total. The summed E-state index contributed by atoms with van der Waals surface area (Å²) in [4.78, 5) is 21.6. The lowest BCUT2D eigenvalue weighted by Gasteiger charge is -2.07. The van der Waals surface area contributed by atoms with Gasteiger partial charge in [-0.15, -0.1) is 0 Å². The van der Waals surface area contributed by atoms with Crippen molar-refractivity contribution in [3.63, 3.8) is 0 Å². The molecule has 0 aromatic heterocycles. The van der Waals surface area contributed by atoms with E-state index in [0.717, 1.165) is 5.56 Å². The summed E-state index contributed by atoms with van der Waals surface area (Å²) >= 11 is 0. The molecule has 1 aromatic rings. The molecule has 102 valence electrons. The Kier molecular flexibility index (Phi) is 3.83. The monoisotopic (exact) mass is 263 g/mol. The van der Waals surface area contributed by atoms with Gasteiger partial charge in [0.05, 0.1) is 0 Å². The predicted molar refractivity (Wildman–Crippen MR) is 69.2 cm³/mol. The lowest BCUT2D eigenvalue weighted by Crippen LogP contribution is -2.13. The van der Waals surface area contributed by atoms with Crippen LogP contribution in [-0.2, 0) is 16.1 Å². The van der Waals surface area contributed by atoms with Crippen molar-refractivity contribution in [2.45, 2.75) is 38.8 Å². The number of ether oxygens (including phenoxy) is 1. The van der Waals surface area contributed by atoms with Gasteiger partial charge in [0.2, 0.25) is 6.04 Å². The number of benzene rings is 1. The summed E-state index contributed by atoms with van der Waals surface area (Å²) in [7, 11) is 0. The molecule has 5 heteroatoms. The minimum atomic E-state index is -0.740. The van der Waals surface area contributed by atoms with E-state index < -0.39 is 22.9 Å². The molecular weight excluding hydrogens is 246 g/mol. The second kappa shape index (κ2) is 5.38. The Balaban J connectivity index is 1.83. The molecule has 2 rings (SSSR count). The van der Waals surface area contributed by atoms with E-state index in [0.29, 0.717) is 12.3 Å². The first-order valence-corrected chi connectivity index (χ1v) is 6.38. The fourth-order valence-corrected chi connectivity index (χ4v) is 1.93. The Morgan fingerprint density at radius 2 is 2.05 bits per heavy atom. The van der Waals surface area contributed by atoms with Gasteiger partial charge in [-0.1, -0.05) is 38.1 Å². The van der Waals surface area contributed by atoms with Crippen molar-refractivity contribution in [2.24, 2.45) is 5.92 Å². The molecule has 0 bridgehead atoms. The number of rotatable bonds is 5. The Labute approximate surface area is 111 Å². The normalized spacial score (nSPS) is 21.2. The van der Waals surface area contributed by atoms with Crippen LogP contribution in [0.15, 0.2) is 24.3 Å². The summed E-state index contributed by atoms with van der Waals surface area (Å²) in [6, 6.07) is 7.10. The number of hydrogen-bond acceptors (Lipinski definition) is 4.